The van der Waals surface area contributed by atoms with Gasteiger partial charge in [0, 0.05) is 12.5 Å². The van der Waals surface area contributed by atoms with E-state index in [9.17, 15) is 0 Å². The standard InChI is InChI=1S/C15H20N2O2/c1-10(2)11-4-5-13(14(8-11)18-3)15-9-12(6-7-16)17-19-15/h4-5,8-10H,6-7,16H2,1-3H3. The van der Waals surface area contributed by atoms with Gasteiger partial charge in [-0.1, -0.05) is 25.1 Å². The van der Waals surface area contributed by atoms with Crippen molar-refractivity contribution in [2.24, 2.45) is 5.73 Å². The second-order valence-electron chi connectivity index (χ2n) is 4.84. The highest BCUT2D eigenvalue weighted by Gasteiger charge is 2.13. The number of methoxy groups -OCH3 is 1. The summed E-state index contributed by atoms with van der Waals surface area (Å²) in [6.45, 7) is 4.87. The molecule has 0 unspecified atom stereocenters. The zero-order valence-corrected chi connectivity index (χ0v) is 11.6. The summed E-state index contributed by atoms with van der Waals surface area (Å²) in [4.78, 5) is 0. The summed E-state index contributed by atoms with van der Waals surface area (Å²) < 4.78 is 10.8. The molecular formula is C15H20N2O2. The van der Waals surface area contributed by atoms with Crippen LogP contribution in [0.1, 0.15) is 31.0 Å². The Kier molecular flexibility index (Phi) is 4.22. The van der Waals surface area contributed by atoms with E-state index < -0.39 is 0 Å². The Bertz CT molecular complexity index is 547. The summed E-state index contributed by atoms with van der Waals surface area (Å²) in [5.74, 6) is 1.99. The molecule has 0 spiro atoms. The molecule has 0 bridgehead atoms. The van der Waals surface area contributed by atoms with E-state index in [0.29, 0.717) is 12.5 Å². The topological polar surface area (TPSA) is 61.3 Å². The Morgan fingerprint density at radius 1 is 1.32 bits per heavy atom. The Labute approximate surface area is 113 Å². The summed E-state index contributed by atoms with van der Waals surface area (Å²) in [5, 5.41) is 4.00. The maximum absolute atomic E-state index is 5.51. The second-order valence-corrected chi connectivity index (χ2v) is 4.84. The lowest BCUT2D eigenvalue weighted by Crippen LogP contribution is -2.02. The number of rotatable bonds is 5. The van der Waals surface area contributed by atoms with Gasteiger partial charge in [-0.05, 0) is 30.2 Å². The molecule has 0 aliphatic heterocycles. The Balaban J connectivity index is 2.37. The lowest BCUT2D eigenvalue weighted by Gasteiger charge is -2.10. The van der Waals surface area contributed by atoms with Crippen molar-refractivity contribution in [2.45, 2.75) is 26.2 Å². The lowest BCUT2D eigenvalue weighted by molar-refractivity contribution is 0.403. The number of hydrogen-bond donors (Lipinski definition) is 1. The molecule has 19 heavy (non-hydrogen) atoms. The molecule has 4 nitrogen and oxygen atoms in total. The minimum absolute atomic E-state index is 0.463. The Hall–Kier alpha value is -1.81. The first-order valence-corrected chi connectivity index (χ1v) is 6.49. The van der Waals surface area contributed by atoms with Crippen LogP contribution in [0.15, 0.2) is 28.8 Å². The van der Waals surface area contributed by atoms with E-state index >= 15 is 0 Å². The summed E-state index contributed by atoms with van der Waals surface area (Å²) in [6.07, 6.45) is 0.718. The van der Waals surface area contributed by atoms with Crippen molar-refractivity contribution in [3.8, 4) is 17.1 Å². The van der Waals surface area contributed by atoms with Gasteiger partial charge in [-0.25, -0.2) is 0 Å². The average molecular weight is 260 g/mol. The van der Waals surface area contributed by atoms with E-state index in [2.05, 4.69) is 25.1 Å². The van der Waals surface area contributed by atoms with Gasteiger partial charge >= 0.3 is 0 Å². The van der Waals surface area contributed by atoms with E-state index in [1.54, 1.807) is 7.11 Å². The molecule has 0 saturated heterocycles. The summed E-state index contributed by atoms with van der Waals surface area (Å²) in [6, 6.07) is 8.07. The molecule has 0 atom stereocenters. The van der Waals surface area contributed by atoms with Crippen LogP contribution >= 0.6 is 0 Å². The molecule has 0 fully saturated rings. The second kappa shape index (κ2) is 5.89. The minimum atomic E-state index is 0.463. The van der Waals surface area contributed by atoms with E-state index in [-0.39, 0.29) is 0 Å². The van der Waals surface area contributed by atoms with Crippen molar-refractivity contribution in [2.75, 3.05) is 13.7 Å². The highest BCUT2D eigenvalue weighted by atomic mass is 16.5. The highest BCUT2D eigenvalue weighted by Crippen LogP contribution is 2.33. The molecule has 0 aliphatic rings. The van der Waals surface area contributed by atoms with Crippen LogP contribution in [0.4, 0.5) is 0 Å². The van der Waals surface area contributed by atoms with Crippen LogP contribution in [0.2, 0.25) is 0 Å². The van der Waals surface area contributed by atoms with Crippen LogP contribution in [0, 0.1) is 0 Å². The van der Waals surface area contributed by atoms with Crippen molar-refractivity contribution < 1.29 is 9.26 Å². The largest absolute Gasteiger partial charge is 0.496 e. The average Bonchev–Trinajstić information content (AvgIpc) is 2.86. The van der Waals surface area contributed by atoms with Crippen LogP contribution in [-0.2, 0) is 6.42 Å². The van der Waals surface area contributed by atoms with Gasteiger partial charge in [-0.3, -0.25) is 0 Å². The van der Waals surface area contributed by atoms with Gasteiger partial charge in [0.2, 0.25) is 0 Å². The molecule has 1 heterocycles. The van der Waals surface area contributed by atoms with Gasteiger partial charge in [0.05, 0.1) is 18.4 Å². The molecular weight excluding hydrogens is 240 g/mol. The molecule has 0 saturated carbocycles. The molecule has 4 heteroatoms. The Morgan fingerprint density at radius 2 is 2.11 bits per heavy atom. The van der Waals surface area contributed by atoms with Gasteiger partial charge in [0.1, 0.15) is 5.75 Å². The molecule has 0 aliphatic carbocycles. The zero-order chi connectivity index (χ0) is 13.8. The number of hydrogen-bond acceptors (Lipinski definition) is 4. The zero-order valence-electron chi connectivity index (χ0n) is 11.6. The molecule has 0 amide bonds. The number of ether oxygens (including phenoxy) is 1. The smallest absolute Gasteiger partial charge is 0.170 e. The van der Waals surface area contributed by atoms with Gasteiger partial charge in [-0.15, -0.1) is 0 Å². The SMILES string of the molecule is COc1cc(C(C)C)ccc1-c1cc(CCN)no1. The molecule has 2 aromatic rings. The predicted molar refractivity (Wildman–Crippen MR) is 75.3 cm³/mol. The number of aromatic nitrogens is 1. The van der Waals surface area contributed by atoms with Gasteiger partial charge < -0.3 is 15.0 Å². The molecule has 2 rings (SSSR count). The van der Waals surface area contributed by atoms with Gasteiger partial charge in [-0.2, -0.15) is 0 Å². The fourth-order valence-electron chi connectivity index (χ4n) is 1.97. The summed E-state index contributed by atoms with van der Waals surface area (Å²) in [5.41, 5.74) is 8.54. The first-order valence-electron chi connectivity index (χ1n) is 6.49. The predicted octanol–water partition coefficient (Wildman–Crippen LogP) is 2.97. The third-order valence-corrected chi connectivity index (χ3v) is 3.12. The third kappa shape index (κ3) is 2.96. The van der Waals surface area contributed by atoms with E-state index in [0.717, 1.165) is 29.2 Å². The summed E-state index contributed by atoms with van der Waals surface area (Å²) in [7, 11) is 1.67. The first-order chi connectivity index (χ1) is 9.15. The maximum Gasteiger partial charge on any atom is 0.170 e. The summed E-state index contributed by atoms with van der Waals surface area (Å²) >= 11 is 0. The highest BCUT2D eigenvalue weighted by molar-refractivity contribution is 5.66. The van der Waals surface area contributed by atoms with Crippen LogP contribution < -0.4 is 10.5 Å². The Morgan fingerprint density at radius 3 is 2.74 bits per heavy atom. The molecule has 2 N–H and O–H groups in total. The van der Waals surface area contributed by atoms with Gasteiger partial charge in [0.15, 0.2) is 5.76 Å². The van der Waals surface area contributed by atoms with E-state index in [1.807, 2.05) is 18.2 Å². The minimum Gasteiger partial charge on any atom is -0.496 e. The van der Waals surface area contributed by atoms with Crippen LogP contribution in [0.5, 0.6) is 5.75 Å². The number of benzene rings is 1. The van der Waals surface area contributed by atoms with Crippen molar-refractivity contribution in [1.82, 2.24) is 5.16 Å². The first kappa shape index (κ1) is 13.6. The van der Waals surface area contributed by atoms with Crippen molar-refractivity contribution in [3.63, 3.8) is 0 Å². The quantitative estimate of drug-likeness (QED) is 0.897. The van der Waals surface area contributed by atoms with E-state index in [4.69, 9.17) is 15.0 Å². The van der Waals surface area contributed by atoms with Crippen molar-refractivity contribution >= 4 is 0 Å². The molecule has 0 radical (unpaired) electrons. The monoisotopic (exact) mass is 260 g/mol. The van der Waals surface area contributed by atoms with Crippen LogP contribution in [0.25, 0.3) is 11.3 Å². The third-order valence-electron chi connectivity index (χ3n) is 3.12. The fourth-order valence-corrected chi connectivity index (χ4v) is 1.97. The number of nitrogens with two attached hydrogens (primary N) is 1. The van der Waals surface area contributed by atoms with E-state index in [1.165, 1.54) is 5.56 Å². The lowest BCUT2D eigenvalue weighted by atomic mass is 10.00. The van der Waals surface area contributed by atoms with Crippen molar-refractivity contribution in [1.29, 1.82) is 0 Å². The van der Waals surface area contributed by atoms with Gasteiger partial charge in [0.25, 0.3) is 0 Å². The van der Waals surface area contributed by atoms with Crippen LogP contribution in [-0.4, -0.2) is 18.8 Å². The molecule has 102 valence electrons. The fraction of sp³-hybridized carbons (Fsp3) is 0.400. The molecule has 1 aromatic carbocycles. The van der Waals surface area contributed by atoms with Crippen molar-refractivity contribution in [3.05, 3.63) is 35.5 Å². The number of nitrogens with zero attached hydrogens (tertiary/aromatic N) is 1. The molecule has 1 aromatic heterocycles. The van der Waals surface area contributed by atoms with Crippen LogP contribution in [0.3, 0.4) is 0 Å². The maximum atomic E-state index is 5.51. The normalized spacial score (nSPS) is 11.0.